The van der Waals surface area contributed by atoms with Gasteiger partial charge in [-0.15, -0.1) is 0 Å². The Balaban J connectivity index is 2.65. The van der Waals surface area contributed by atoms with Crippen molar-refractivity contribution in [3.63, 3.8) is 0 Å². The fourth-order valence-electron chi connectivity index (χ4n) is 2.69. The van der Waals surface area contributed by atoms with Gasteiger partial charge in [0.1, 0.15) is 5.75 Å². The molecular weight excluding hydrogens is 236 g/mol. The zero-order valence-electron chi connectivity index (χ0n) is 12.4. The van der Waals surface area contributed by atoms with Crippen LogP contribution in [0, 0.1) is 11.3 Å². The molecule has 0 aromatic heterocycles. The molecule has 0 radical (unpaired) electrons. The summed E-state index contributed by atoms with van der Waals surface area (Å²) in [6, 6.07) is 7.81. The van der Waals surface area contributed by atoms with E-state index in [1.807, 2.05) is 24.3 Å². The first-order chi connectivity index (χ1) is 8.88. The summed E-state index contributed by atoms with van der Waals surface area (Å²) in [7, 11) is 0. The predicted molar refractivity (Wildman–Crippen MR) is 77.9 cm³/mol. The Bertz CT molecular complexity index is 534. The first kappa shape index (κ1) is 13.9. The van der Waals surface area contributed by atoms with Crippen molar-refractivity contribution in [2.75, 3.05) is 0 Å². The van der Waals surface area contributed by atoms with Crippen LogP contribution in [0.4, 0.5) is 0 Å². The van der Waals surface area contributed by atoms with E-state index in [2.05, 4.69) is 34.6 Å². The third kappa shape index (κ3) is 2.32. The Hall–Kier alpha value is -1.57. The lowest BCUT2D eigenvalue weighted by atomic mass is 9.69. The molecule has 0 bridgehead atoms. The number of ether oxygens (including phenoxy) is 1. The van der Waals surface area contributed by atoms with Crippen LogP contribution in [0.3, 0.4) is 0 Å². The molecule has 0 amide bonds. The van der Waals surface area contributed by atoms with Gasteiger partial charge in [-0.25, -0.2) is 0 Å². The van der Waals surface area contributed by atoms with Gasteiger partial charge < -0.3 is 4.74 Å². The van der Waals surface area contributed by atoms with Crippen molar-refractivity contribution in [2.24, 2.45) is 11.3 Å². The number of rotatable bonds is 2. The molecule has 0 saturated heterocycles. The molecule has 0 saturated carbocycles. The number of hydrogen-bond donors (Lipinski definition) is 0. The highest BCUT2D eigenvalue weighted by Crippen LogP contribution is 2.47. The van der Waals surface area contributed by atoms with Gasteiger partial charge in [-0.3, -0.25) is 4.79 Å². The van der Waals surface area contributed by atoms with E-state index in [1.54, 1.807) is 0 Å². The summed E-state index contributed by atoms with van der Waals surface area (Å²) in [5.74, 6) is 0.381. The van der Waals surface area contributed by atoms with E-state index in [1.165, 1.54) is 5.57 Å². The number of benzene rings is 1. The van der Waals surface area contributed by atoms with Crippen LogP contribution in [0.1, 0.15) is 46.6 Å². The summed E-state index contributed by atoms with van der Waals surface area (Å²) in [5.41, 5.74) is 3.29. The standard InChI is InChI=1S/C17H22O2/c1-6-17(4,5)15-14(11(2)3)12-9-7-8-10-13(12)19-16(15)18/h7-10,15H,6H2,1-5H3. The van der Waals surface area contributed by atoms with Gasteiger partial charge in [-0.05, 0) is 37.3 Å². The summed E-state index contributed by atoms with van der Waals surface area (Å²) in [4.78, 5) is 12.4. The first-order valence-corrected chi connectivity index (χ1v) is 6.87. The summed E-state index contributed by atoms with van der Waals surface area (Å²) in [5, 5.41) is 0. The predicted octanol–water partition coefficient (Wildman–Crippen LogP) is 4.45. The summed E-state index contributed by atoms with van der Waals surface area (Å²) < 4.78 is 5.54. The van der Waals surface area contributed by atoms with Crippen LogP contribution in [0.25, 0.3) is 5.57 Å². The van der Waals surface area contributed by atoms with Crippen LogP contribution in [0.2, 0.25) is 0 Å². The van der Waals surface area contributed by atoms with Crippen molar-refractivity contribution in [3.8, 4) is 5.75 Å². The summed E-state index contributed by atoms with van der Waals surface area (Å²) in [6.07, 6.45) is 0.936. The summed E-state index contributed by atoms with van der Waals surface area (Å²) in [6.45, 7) is 10.5. The van der Waals surface area contributed by atoms with Crippen LogP contribution in [-0.4, -0.2) is 5.97 Å². The van der Waals surface area contributed by atoms with E-state index < -0.39 is 0 Å². The van der Waals surface area contributed by atoms with Crippen LogP contribution >= 0.6 is 0 Å². The van der Waals surface area contributed by atoms with Gasteiger partial charge in [0.25, 0.3) is 0 Å². The van der Waals surface area contributed by atoms with Gasteiger partial charge in [0.05, 0.1) is 5.92 Å². The summed E-state index contributed by atoms with van der Waals surface area (Å²) >= 11 is 0. The fourth-order valence-corrected chi connectivity index (χ4v) is 2.69. The van der Waals surface area contributed by atoms with E-state index in [-0.39, 0.29) is 17.3 Å². The minimum atomic E-state index is -0.183. The lowest BCUT2D eigenvalue weighted by Crippen LogP contribution is -2.37. The van der Waals surface area contributed by atoms with Crippen molar-refractivity contribution >= 4 is 11.5 Å². The second-order valence-corrected chi connectivity index (χ2v) is 6.11. The van der Waals surface area contributed by atoms with E-state index in [9.17, 15) is 4.79 Å². The van der Waals surface area contributed by atoms with Crippen molar-refractivity contribution < 1.29 is 9.53 Å². The van der Waals surface area contributed by atoms with Gasteiger partial charge >= 0.3 is 5.97 Å². The van der Waals surface area contributed by atoms with Crippen LogP contribution in [-0.2, 0) is 4.79 Å². The number of carbonyl (C=O) groups excluding carboxylic acids is 1. The Morgan fingerprint density at radius 2 is 1.89 bits per heavy atom. The van der Waals surface area contributed by atoms with Crippen LogP contribution in [0.15, 0.2) is 29.8 Å². The van der Waals surface area contributed by atoms with Gasteiger partial charge in [-0.2, -0.15) is 0 Å². The Labute approximate surface area is 115 Å². The molecule has 19 heavy (non-hydrogen) atoms. The normalized spacial score (nSPS) is 18.9. The van der Waals surface area contributed by atoms with Crippen LogP contribution in [0.5, 0.6) is 5.75 Å². The second kappa shape index (κ2) is 4.84. The number of allylic oxidation sites excluding steroid dienone is 1. The average molecular weight is 258 g/mol. The maximum Gasteiger partial charge on any atom is 0.319 e. The fraction of sp³-hybridized carbons (Fsp3) is 0.471. The second-order valence-electron chi connectivity index (χ2n) is 6.11. The molecule has 0 aliphatic carbocycles. The number of hydrogen-bond acceptors (Lipinski definition) is 2. The highest BCUT2D eigenvalue weighted by Gasteiger charge is 2.42. The zero-order valence-corrected chi connectivity index (χ0v) is 12.4. The van der Waals surface area contributed by atoms with Gasteiger partial charge in [0.15, 0.2) is 0 Å². The first-order valence-electron chi connectivity index (χ1n) is 6.87. The molecule has 0 fully saturated rings. The van der Waals surface area contributed by atoms with Crippen molar-refractivity contribution in [3.05, 3.63) is 35.4 Å². The Morgan fingerprint density at radius 1 is 1.26 bits per heavy atom. The smallest absolute Gasteiger partial charge is 0.319 e. The Kier molecular flexibility index (Phi) is 3.53. The van der Waals surface area contributed by atoms with Crippen molar-refractivity contribution in [2.45, 2.75) is 41.0 Å². The molecule has 2 heteroatoms. The monoisotopic (exact) mass is 258 g/mol. The lowest BCUT2D eigenvalue weighted by Gasteiger charge is -2.37. The van der Waals surface area contributed by atoms with Crippen LogP contribution < -0.4 is 4.74 Å². The minimum Gasteiger partial charge on any atom is -0.425 e. The SMILES string of the molecule is CCC(C)(C)C1C(=O)Oc2ccccc2C1=C(C)C. The largest absolute Gasteiger partial charge is 0.425 e. The molecular formula is C17H22O2. The molecule has 1 aliphatic rings. The molecule has 2 rings (SSSR count). The van der Waals surface area contributed by atoms with Crippen molar-refractivity contribution in [1.29, 1.82) is 0 Å². The third-order valence-electron chi connectivity index (χ3n) is 4.14. The van der Waals surface area contributed by atoms with E-state index in [0.29, 0.717) is 5.75 Å². The molecule has 1 atom stereocenters. The van der Waals surface area contributed by atoms with E-state index in [4.69, 9.17) is 4.74 Å². The average Bonchev–Trinajstić information content (AvgIpc) is 2.36. The molecule has 1 heterocycles. The lowest BCUT2D eigenvalue weighted by molar-refractivity contribution is -0.141. The molecule has 0 spiro atoms. The topological polar surface area (TPSA) is 26.3 Å². The number of carbonyl (C=O) groups is 1. The molecule has 1 aliphatic heterocycles. The highest BCUT2D eigenvalue weighted by atomic mass is 16.5. The molecule has 1 aromatic carbocycles. The molecule has 2 nitrogen and oxygen atoms in total. The number of fused-ring (bicyclic) bond motifs is 1. The third-order valence-corrected chi connectivity index (χ3v) is 4.14. The number of para-hydroxylation sites is 1. The van der Waals surface area contributed by atoms with Gasteiger partial charge in [0.2, 0.25) is 0 Å². The Morgan fingerprint density at radius 3 is 2.47 bits per heavy atom. The highest BCUT2D eigenvalue weighted by molar-refractivity contribution is 5.96. The molecule has 1 aromatic rings. The number of esters is 1. The van der Waals surface area contributed by atoms with Crippen molar-refractivity contribution in [1.82, 2.24) is 0 Å². The van der Waals surface area contributed by atoms with Gasteiger partial charge in [0, 0.05) is 5.56 Å². The maximum atomic E-state index is 12.4. The molecule has 0 N–H and O–H groups in total. The molecule has 1 unspecified atom stereocenters. The van der Waals surface area contributed by atoms with E-state index in [0.717, 1.165) is 17.6 Å². The maximum absolute atomic E-state index is 12.4. The molecule has 102 valence electrons. The van der Waals surface area contributed by atoms with E-state index >= 15 is 0 Å². The zero-order chi connectivity index (χ0) is 14.2. The minimum absolute atomic E-state index is 0.1000. The van der Waals surface area contributed by atoms with Gasteiger partial charge in [-0.1, -0.05) is 44.5 Å². The quantitative estimate of drug-likeness (QED) is 0.578.